The van der Waals surface area contributed by atoms with E-state index in [1.807, 2.05) is 24.3 Å². The SMILES string of the molecule is C=C1CCC(N2Cc3c(NCC4CN(CCNC(=O)c5ccc(NC(=O)[C@@H]6NC7(CCCCC7)[C@@]7(C(=O)Nc8cc(Cl)ccc87)[C@H]6c6cccc(Cl)c6F)cc5)C4)cccc3C2=O)C(=O)N1. The van der Waals surface area contributed by atoms with Crippen LogP contribution >= 0.6 is 23.2 Å². The van der Waals surface area contributed by atoms with Gasteiger partial charge in [-0.1, -0.05) is 73.3 Å². The van der Waals surface area contributed by atoms with Gasteiger partial charge < -0.3 is 36.4 Å². The molecular formula is C50H51Cl2FN8O5. The fourth-order valence-corrected chi connectivity index (χ4v) is 12.0. The molecule has 3 saturated heterocycles. The van der Waals surface area contributed by atoms with Gasteiger partial charge in [0.2, 0.25) is 17.7 Å². The number of benzene rings is 4. The van der Waals surface area contributed by atoms with Crippen molar-refractivity contribution in [2.75, 3.05) is 48.7 Å². The van der Waals surface area contributed by atoms with Crippen molar-refractivity contribution in [1.29, 1.82) is 0 Å². The summed E-state index contributed by atoms with van der Waals surface area (Å²) in [4.78, 5) is 72.3. The van der Waals surface area contributed by atoms with Crippen LogP contribution in [0.2, 0.25) is 10.0 Å². The van der Waals surface area contributed by atoms with Gasteiger partial charge in [-0.05, 0) is 91.4 Å². The van der Waals surface area contributed by atoms with Crippen LogP contribution in [0.4, 0.5) is 21.5 Å². The highest BCUT2D eigenvalue weighted by molar-refractivity contribution is 6.31. The molecule has 6 aliphatic rings. The average molecular weight is 934 g/mol. The monoisotopic (exact) mass is 932 g/mol. The number of carbonyl (C=O) groups excluding carboxylic acids is 5. The van der Waals surface area contributed by atoms with Gasteiger partial charge in [-0.15, -0.1) is 0 Å². The van der Waals surface area contributed by atoms with E-state index < -0.39 is 40.7 Å². The zero-order chi connectivity index (χ0) is 45.9. The molecule has 4 aromatic carbocycles. The molecule has 6 N–H and O–H groups in total. The highest BCUT2D eigenvalue weighted by Crippen LogP contribution is 2.63. The second kappa shape index (κ2) is 17.4. The van der Waals surface area contributed by atoms with E-state index in [4.69, 9.17) is 23.2 Å². The van der Waals surface area contributed by atoms with Gasteiger partial charge in [0.1, 0.15) is 17.3 Å². The first-order valence-corrected chi connectivity index (χ1v) is 23.5. The van der Waals surface area contributed by atoms with Gasteiger partial charge >= 0.3 is 0 Å². The third kappa shape index (κ3) is 7.51. The van der Waals surface area contributed by atoms with Crippen LogP contribution < -0.4 is 31.9 Å². The lowest BCUT2D eigenvalue weighted by molar-refractivity contribution is -0.126. The average Bonchev–Trinajstić information content (AvgIpc) is 3.89. The van der Waals surface area contributed by atoms with Crippen LogP contribution in [-0.4, -0.2) is 89.7 Å². The number of hydrogen-bond donors (Lipinski definition) is 6. The second-order valence-electron chi connectivity index (χ2n) is 18.6. The Hall–Kier alpha value is -5.80. The van der Waals surface area contributed by atoms with Gasteiger partial charge in [-0.25, -0.2) is 4.39 Å². The summed E-state index contributed by atoms with van der Waals surface area (Å²) in [6, 6.07) is 20.7. The topological polar surface area (TPSA) is 164 Å². The van der Waals surface area contributed by atoms with Crippen molar-refractivity contribution in [3.63, 3.8) is 0 Å². The number of halogens is 3. The Morgan fingerprint density at radius 1 is 0.924 bits per heavy atom. The third-order valence-electron chi connectivity index (χ3n) is 14.7. The minimum absolute atomic E-state index is 0.0997. The molecule has 0 bridgehead atoms. The predicted molar refractivity (Wildman–Crippen MR) is 251 cm³/mol. The van der Waals surface area contributed by atoms with Crippen molar-refractivity contribution in [2.24, 2.45) is 5.92 Å². The molecule has 5 amide bonds. The highest BCUT2D eigenvalue weighted by atomic mass is 35.5. The Bertz CT molecular complexity index is 2670. The zero-order valence-electron chi connectivity index (χ0n) is 36.3. The second-order valence-corrected chi connectivity index (χ2v) is 19.4. The largest absolute Gasteiger partial charge is 0.384 e. The van der Waals surface area contributed by atoms with E-state index in [-0.39, 0.29) is 34.2 Å². The van der Waals surface area contributed by atoms with Crippen LogP contribution in [0.25, 0.3) is 0 Å². The van der Waals surface area contributed by atoms with Gasteiger partial charge in [-0.2, -0.15) is 0 Å². The molecule has 4 atom stereocenters. The first kappa shape index (κ1) is 44.1. The molecule has 13 nitrogen and oxygen atoms in total. The summed E-state index contributed by atoms with van der Waals surface area (Å²) in [5, 5.41) is 19.4. The number of likely N-dealkylation sites (tertiary alicyclic amines) is 1. The number of carbonyl (C=O) groups is 5. The van der Waals surface area contributed by atoms with E-state index in [1.165, 1.54) is 6.07 Å². The van der Waals surface area contributed by atoms with Crippen molar-refractivity contribution >= 4 is 69.8 Å². The van der Waals surface area contributed by atoms with E-state index in [1.54, 1.807) is 53.4 Å². The number of nitrogens with one attached hydrogen (secondary N) is 6. The van der Waals surface area contributed by atoms with Gasteiger partial charge in [0, 0.05) is 101 Å². The maximum atomic E-state index is 16.3. The number of nitrogens with zero attached hydrogens (tertiary/aromatic N) is 2. The van der Waals surface area contributed by atoms with Crippen LogP contribution in [0.5, 0.6) is 0 Å². The fourth-order valence-electron chi connectivity index (χ4n) is 11.6. The first-order valence-electron chi connectivity index (χ1n) is 22.8. The summed E-state index contributed by atoms with van der Waals surface area (Å²) in [6.07, 6.45) is 5.04. The molecule has 16 heteroatoms. The minimum atomic E-state index is -1.35. The van der Waals surface area contributed by atoms with E-state index >= 15 is 4.39 Å². The molecule has 4 fully saturated rings. The molecule has 1 saturated carbocycles. The van der Waals surface area contributed by atoms with E-state index in [0.717, 1.165) is 50.1 Å². The predicted octanol–water partition coefficient (Wildman–Crippen LogP) is 6.94. The first-order chi connectivity index (χ1) is 31.9. The van der Waals surface area contributed by atoms with Crippen molar-refractivity contribution in [1.82, 2.24) is 25.8 Å². The molecule has 4 aromatic rings. The lowest BCUT2D eigenvalue weighted by atomic mass is 9.55. The Morgan fingerprint density at radius 2 is 1.70 bits per heavy atom. The van der Waals surface area contributed by atoms with Gasteiger partial charge in [0.25, 0.3) is 11.8 Å². The summed E-state index contributed by atoms with van der Waals surface area (Å²) < 4.78 is 16.3. The van der Waals surface area contributed by atoms with Crippen molar-refractivity contribution in [2.45, 2.75) is 80.4 Å². The Labute approximate surface area is 392 Å². The van der Waals surface area contributed by atoms with Gasteiger partial charge in [0.05, 0.1) is 11.1 Å². The molecule has 0 radical (unpaired) electrons. The van der Waals surface area contributed by atoms with Crippen LogP contribution in [-0.2, 0) is 26.3 Å². The van der Waals surface area contributed by atoms with Crippen LogP contribution in [0.1, 0.15) is 88.3 Å². The molecule has 1 unspecified atom stereocenters. The van der Waals surface area contributed by atoms with Crippen LogP contribution in [0.3, 0.4) is 0 Å². The molecule has 0 aromatic heterocycles. The molecule has 2 spiro atoms. The molecule has 66 heavy (non-hydrogen) atoms. The highest BCUT2D eigenvalue weighted by Gasteiger charge is 2.72. The summed E-state index contributed by atoms with van der Waals surface area (Å²) in [7, 11) is 0. The lowest BCUT2D eigenvalue weighted by Gasteiger charge is -2.47. The van der Waals surface area contributed by atoms with E-state index in [2.05, 4.69) is 43.4 Å². The Kier molecular flexibility index (Phi) is 11.6. The maximum absolute atomic E-state index is 16.3. The molecule has 1 aliphatic carbocycles. The van der Waals surface area contributed by atoms with E-state index in [9.17, 15) is 24.0 Å². The van der Waals surface area contributed by atoms with Crippen LogP contribution in [0, 0.1) is 11.7 Å². The fraction of sp³-hybridized carbons (Fsp3) is 0.380. The molecule has 5 heterocycles. The van der Waals surface area contributed by atoms with Crippen molar-refractivity contribution in [3.05, 3.63) is 135 Å². The molecule has 342 valence electrons. The van der Waals surface area contributed by atoms with Gasteiger partial charge in [0.15, 0.2) is 0 Å². The summed E-state index contributed by atoms with van der Waals surface area (Å²) in [5.74, 6) is -2.56. The zero-order valence-corrected chi connectivity index (χ0v) is 37.8. The minimum Gasteiger partial charge on any atom is -0.384 e. The number of anilines is 3. The third-order valence-corrected chi connectivity index (χ3v) is 15.3. The van der Waals surface area contributed by atoms with Crippen molar-refractivity contribution in [3.8, 4) is 0 Å². The number of allylic oxidation sites excluding steroid dienone is 1. The number of hydrogen-bond acceptors (Lipinski definition) is 8. The number of rotatable bonds is 11. The van der Waals surface area contributed by atoms with E-state index in [0.29, 0.717) is 90.0 Å². The molecule has 10 rings (SSSR count). The maximum Gasteiger partial charge on any atom is 0.255 e. The molecule has 5 aliphatic heterocycles. The Balaban J connectivity index is 0.750. The quantitative estimate of drug-likeness (QED) is 0.0943. The summed E-state index contributed by atoms with van der Waals surface area (Å²) >= 11 is 12.8. The van der Waals surface area contributed by atoms with Gasteiger partial charge in [-0.3, -0.25) is 29.3 Å². The summed E-state index contributed by atoms with van der Waals surface area (Å²) in [6.45, 7) is 7.81. The van der Waals surface area contributed by atoms with Crippen LogP contribution in [0.15, 0.2) is 91.1 Å². The lowest BCUT2D eigenvalue weighted by Crippen LogP contribution is -2.60. The van der Waals surface area contributed by atoms with Crippen molar-refractivity contribution < 1.29 is 28.4 Å². The number of amides is 5. The Morgan fingerprint density at radius 3 is 2.47 bits per heavy atom. The molecular weight excluding hydrogens is 883 g/mol. The normalized spacial score (nSPS) is 24.5. The number of fused-ring (bicyclic) bond motifs is 4. The standard InChI is InChI=1S/C50H51Cl2FN8O5/c1-28-11-18-40(45(63)56-28)61-27-35-33(47(61)65)7-6-10-38(35)55-24-29-25-60(26-29)22-21-54-44(62)30-12-15-32(16-13-30)57-46(64)43-41(34-8-5-9-37(52)42(34)53)50(49(59-43)19-3-2-4-20-49)36-17-14-31(51)23-39(36)58-48(50)66/h5-10,12-17,23,29,40-41,43,55,59H,1-4,11,18-22,24-27H2,(H,54,62)(H,56,63)(H,57,64)(H,58,66)/t40?,41-,43+,50+/m0/s1. The smallest absolute Gasteiger partial charge is 0.255 e. The number of piperidine rings is 1. The summed E-state index contributed by atoms with van der Waals surface area (Å²) in [5.41, 5.74) is 3.18.